The molecule has 2 saturated heterocycles. The molecule has 5 rings (SSSR count). The van der Waals surface area contributed by atoms with Crippen LogP contribution in [0.2, 0.25) is 10.0 Å². The predicted molar refractivity (Wildman–Crippen MR) is 164 cm³/mol. The predicted octanol–water partition coefficient (Wildman–Crippen LogP) is 5.90. The van der Waals surface area contributed by atoms with E-state index >= 15 is 0 Å². The van der Waals surface area contributed by atoms with Crippen molar-refractivity contribution < 1.29 is 19.7 Å². The van der Waals surface area contributed by atoms with Gasteiger partial charge in [-0.25, -0.2) is 13.8 Å². The van der Waals surface area contributed by atoms with Crippen molar-refractivity contribution in [3.05, 3.63) is 87.5 Å². The number of nitrogens with one attached hydrogen (secondary N) is 1. The number of piperidine rings is 1. The number of pyridine rings is 1. The number of ether oxygens (including phenoxy) is 1. The van der Waals surface area contributed by atoms with Gasteiger partial charge in [0, 0.05) is 57.5 Å². The smallest absolute Gasteiger partial charge is 0.253 e. The van der Waals surface area contributed by atoms with Crippen LogP contribution < -0.4 is 15.0 Å². The van der Waals surface area contributed by atoms with Crippen LogP contribution in [0.25, 0.3) is 0 Å². The molecule has 1 atom stereocenters. The van der Waals surface area contributed by atoms with Crippen LogP contribution in [0, 0.1) is 11.6 Å². The van der Waals surface area contributed by atoms with Crippen LogP contribution in [0.4, 0.5) is 14.6 Å². The Morgan fingerprint density at radius 3 is 2.50 bits per heavy atom. The minimum absolute atomic E-state index is 0. The molecule has 7 nitrogen and oxygen atoms in total. The van der Waals surface area contributed by atoms with Crippen LogP contribution >= 0.6 is 23.2 Å². The van der Waals surface area contributed by atoms with Crippen LogP contribution in [0.15, 0.2) is 54.7 Å². The van der Waals surface area contributed by atoms with Gasteiger partial charge in [0.1, 0.15) is 18.2 Å². The second-order valence-corrected chi connectivity index (χ2v) is 11.7. The SMILES string of the molecule is C[C@H]1CN(c2ncc(C(=O)NCc3ccc(F)c(F)c3)cc2Cl)CCN1C1CCN(CCOc2ccc(Cl)cc2)CC1.[HH]. The number of likely N-dealkylation sites (tertiary alicyclic amines) is 1. The van der Waals surface area contributed by atoms with Crippen molar-refractivity contribution in [3.8, 4) is 5.75 Å². The summed E-state index contributed by atoms with van der Waals surface area (Å²) < 4.78 is 32.5. The zero-order valence-electron chi connectivity index (χ0n) is 23.5. The Hall–Kier alpha value is -2.98. The van der Waals surface area contributed by atoms with E-state index in [9.17, 15) is 13.6 Å². The molecule has 226 valence electrons. The van der Waals surface area contributed by atoms with Crippen molar-refractivity contribution >= 4 is 34.9 Å². The van der Waals surface area contributed by atoms with Gasteiger partial charge in [0.2, 0.25) is 0 Å². The number of hydrogen-bond donors (Lipinski definition) is 1. The monoisotopic (exact) mass is 619 g/mol. The van der Waals surface area contributed by atoms with Crippen molar-refractivity contribution in [2.45, 2.75) is 38.4 Å². The zero-order chi connectivity index (χ0) is 29.6. The quantitative estimate of drug-likeness (QED) is 0.322. The van der Waals surface area contributed by atoms with Crippen LogP contribution in [-0.4, -0.2) is 78.7 Å². The van der Waals surface area contributed by atoms with Crippen molar-refractivity contribution in [2.24, 2.45) is 0 Å². The Balaban J connectivity index is 0.00000423. The Kier molecular flexibility index (Phi) is 10.2. The second-order valence-electron chi connectivity index (χ2n) is 10.9. The molecule has 2 aliphatic rings. The molecule has 42 heavy (non-hydrogen) atoms. The maximum Gasteiger partial charge on any atom is 0.253 e. The molecule has 3 heterocycles. The summed E-state index contributed by atoms with van der Waals surface area (Å²) in [6, 6.07) is 13.5. The van der Waals surface area contributed by atoms with Gasteiger partial charge in [-0.1, -0.05) is 29.3 Å². The lowest BCUT2D eigenvalue weighted by molar-refractivity contribution is 0.0667. The number of aromatic nitrogens is 1. The van der Waals surface area contributed by atoms with Crippen molar-refractivity contribution in [1.82, 2.24) is 20.1 Å². The van der Waals surface area contributed by atoms with Crippen molar-refractivity contribution in [3.63, 3.8) is 0 Å². The molecule has 0 bridgehead atoms. The number of anilines is 1. The van der Waals surface area contributed by atoms with E-state index in [0.29, 0.717) is 45.7 Å². The molecule has 0 spiro atoms. The lowest BCUT2D eigenvalue weighted by atomic mass is 10.00. The van der Waals surface area contributed by atoms with Crippen molar-refractivity contribution in [2.75, 3.05) is 50.8 Å². The van der Waals surface area contributed by atoms with E-state index in [-0.39, 0.29) is 13.9 Å². The molecule has 11 heteroatoms. The summed E-state index contributed by atoms with van der Waals surface area (Å²) >= 11 is 12.5. The Bertz CT molecular complexity index is 1380. The standard InChI is InChI=1S/C31H35Cl2F2N5O2.H2/c1-21-20-39(30-27(33)17-23(19-36-30)31(41)37-18-22-2-7-28(34)29(35)16-22)12-13-40(21)25-8-10-38(11-9-25)14-15-42-26-5-3-24(32)4-6-26;/h2-7,16-17,19,21,25H,8-15,18,20H2,1H3,(H,37,41);1H/t21-;/m0./s1. The number of hydrogen-bond acceptors (Lipinski definition) is 6. The van der Waals surface area contributed by atoms with Gasteiger partial charge in [0.25, 0.3) is 5.91 Å². The summed E-state index contributed by atoms with van der Waals surface area (Å²) in [6.07, 6.45) is 3.75. The van der Waals surface area contributed by atoms with Crippen LogP contribution in [-0.2, 0) is 6.54 Å². The van der Waals surface area contributed by atoms with Crippen LogP contribution in [0.1, 0.15) is 37.1 Å². The third kappa shape index (κ3) is 7.69. The fourth-order valence-corrected chi connectivity index (χ4v) is 6.14. The first-order chi connectivity index (χ1) is 20.3. The van der Waals surface area contributed by atoms with E-state index in [1.54, 1.807) is 6.07 Å². The summed E-state index contributed by atoms with van der Waals surface area (Å²) in [5.41, 5.74) is 0.766. The average molecular weight is 621 g/mol. The fourth-order valence-electron chi connectivity index (χ4n) is 5.73. The van der Waals surface area contributed by atoms with E-state index < -0.39 is 11.6 Å². The molecular formula is C31H37Cl2F2N5O2. The van der Waals surface area contributed by atoms with Crippen LogP contribution in [0.5, 0.6) is 5.75 Å². The van der Waals surface area contributed by atoms with Gasteiger partial charge in [0.05, 0.1) is 10.6 Å². The van der Waals surface area contributed by atoms with E-state index in [1.165, 1.54) is 12.3 Å². The summed E-state index contributed by atoms with van der Waals surface area (Å²) in [5, 5.41) is 3.81. The first-order valence-corrected chi connectivity index (χ1v) is 15.0. The van der Waals surface area contributed by atoms with Gasteiger partial charge in [-0.3, -0.25) is 14.6 Å². The molecule has 1 aromatic heterocycles. The third-order valence-electron chi connectivity index (χ3n) is 8.02. The third-order valence-corrected chi connectivity index (χ3v) is 8.55. The first-order valence-electron chi connectivity index (χ1n) is 14.3. The molecule has 1 N–H and O–H groups in total. The minimum Gasteiger partial charge on any atom is -0.492 e. The number of nitrogens with zero attached hydrogens (tertiary/aromatic N) is 4. The zero-order valence-corrected chi connectivity index (χ0v) is 25.1. The molecule has 0 unspecified atom stereocenters. The fraction of sp³-hybridized carbons (Fsp3) is 0.419. The highest BCUT2D eigenvalue weighted by atomic mass is 35.5. The van der Waals surface area contributed by atoms with Gasteiger partial charge >= 0.3 is 0 Å². The Morgan fingerprint density at radius 2 is 1.81 bits per heavy atom. The molecule has 0 radical (unpaired) electrons. The Morgan fingerprint density at radius 1 is 1.05 bits per heavy atom. The topological polar surface area (TPSA) is 60.9 Å². The van der Waals surface area contributed by atoms with Crippen LogP contribution in [0.3, 0.4) is 0 Å². The molecule has 2 aliphatic heterocycles. The average Bonchev–Trinajstić information content (AvgIpc) is 2.99. The van der Waals surface area contributed by atoms with E-state index in [1.807, 2.05) is 24.3 Å². The largest absolute Gasteiger partial charge is 0.492 e. The molecule has 1 amide bonds. The summed E-state index contributed by atoms with van der Waals surface area (Å²) in [6.45, 7) is 8.48. The lowest BCUT2D eigenvalue weighted by Gasteiger charge is -2.46. The summed E-state index contributed by atoms with van der Waals surface area (Å²) in [7, 11) is 0. The molecule has 2 fully saturated rings. The normalized spacial score (nSPS) is 18.7. The number of carbonyl (C=O) groups is 1. The van der Waals surface area contributed by atoms with Gasteiger partial charge in [0.15, 0.2) is 11.6 Å². The molecule has 2 aromatic carbocycles. The van der Waals surface area contributed by atoms with E-state index in [4.69, 9.17) is 27.9 Å². The van der Waals surface area contributed by atoms with Gasteiger partial charge in [-0.2, -0.15) is 0 Å². The maximum absolute atomic E-state index is 13.4. The van der Waals surface area contributed by atoms with Gasteiger partial charge in [-0.05, 0) is 80.9 Å². The summed E-state index contributed by atoms with van der Waals surface area (Å²) in [4.78, 5) is 24.4. The number of benzene rings is 2. The lowest BCUT2D eigenvalue weighted by Crippen LogP contribution is -2.57. The maximum atomic E-state index is 13.4. The van der Waals surface area contributed by atoms with Crippen molar-refractivity contribution in [1.29, 1.82) is 0 Å². The highest BCUT2D eigenvalue weighted by Crippen LogP contribution is 2.29. The minimum atomic E-state index is -0.952. The van der Waals surface area contributed by atoms with Gasteiger partial charge in [-0.15, -0.1) is 0 Å². The molecule has 0 saturated carbocycles. The molecular weight excluding hydrogens is 583 g/mol. The van der Waals surface area contributed by atoms with Gasteiger partial charge < -0.3 is 15.0 Å². The Labute approximate surface area is 256 Å². The van der Waals surface area contributed by atoms with E-state index in [0.717, 1.165) is 70.0 Å². The summed E-state index contributed by atoms with van der Waals surface area (Å²) in [5.74, 6) is -0.762. The number of halogens is 4. The number of carbonyl (C=O) groups excluding carboxylic acids is 1. The number of amides is 1. The molecule has 3 aromatic rings. The van der Waals surface area contributed by atoms with E-state index in [2.05, 4.69) is 31.9 Å². The highest BCUT2D eigenvalue weighted by Gasteiger charge is 2.32. The number of rotatable bonds is 9. The molecule has 0 aliphatic carbocycles. The second kappa shape index (κ2) is 14.0. The number of piperazine rings is 1. The first kappa shape index (κ1) is 30.5. The highest BCUT2D eigenvalue weighted by molar-refractivity contribution is 6.33.